The number of carbonyl (C=O) groups is 2. The molecular weight excluding hydrogens is 856 g/mol. The fourth-order valence-corrected chi connectivity index (χ4v) is 8.84. The number of quaternary nitrogens is 1. The van der Waals surface area contributed by atoms with E-state index in [1.807, 2.05) is 33.3 Å². The molecule has 9 nitrogen and oxygen atoms in total. The van der Waals surface area contributed by atoms with Gasteiger partial charge in [-0.25, -0.2) is 4.57 Å². The molecule has 394 valence electrons. The van der Waals surface area contributed by atoms with Crippen molar-refractivity contribution in [3.63, 3.8) is 0 Å². The van der Waals surface area contributed by atoms with E-state index >= 15 is 0 Å². The fourth-order valence-electron chi connectivity index (χ4n) is 8.11. The van der Waals surface area contributed by atoms with Gasteiger partial charge in [0.1, 0.15) is 19.3 Å². The van der Waals surface area contributed by atoms with Crippen molar-refractivity contribution < 1.29 is 37.3 Å². The molecule has 0 fully saturated rings. The van der Waals surface area contributed by atoms with Crippen LogP contribution in [0.4, 0.5) is 0 Å². The number of amides is 1. The lowest BCUT2D eigenvalue weighted by molar-refractivity contribution is -0.870. The van der Waals surface area contributed by atoms with E-state index in [4.69, 9.17) is 13.8 Å². The Bertz CT molecular complexity index is 1250. The molecule has 10 heteroatoms. The first-order valence-electron chi connectivity index (χ1n) is 28.3. The Balaban J connectivity index is 5.36. The van der Waals surface area contributed by atoms with Crippen LogP contribution in [-0.2, 0) is 27.9 Å². The molecular formula is C57H110N2O7P+. The summed E-state index contributed by atoms with van der Waals surface area (Å²) in [5, 5.41) is 3.04. The molecule has 0 aliphatic rings. The zero-order valence-corrected chi connectivity index (χ0v) is 45.8. The zero-order chi connectivity index (χ0) is 49.4. The van der Waals surface area contributed by atoms with Gasteiger partial charge in [-0.15, -0.1) is 0 Å². The average Bonchev–Trinajstić information content (AvgIpc) is 3.28. The lowest BCUT2D eigenvalue weighted by Crippen LogP contribution is -2.47. The normalized spacial score (nSPS) is 14.1. The van der Waals surface area contributed by atoms with Crippen LogP contribution in [0, 0.1) is 0 Å². The number of hydrogen-bond donors (Lipinski definition) is 2. The van der Waals surface area contributed by atoms with Crippen molar-refractivity contribution >= 4 is 19.7 Å². The smallest absolute Gasteiger partial charge is 0.456 e. The van der Waals surface area contributed by atoms with E-state index in [1.165, 1.54) is 141 Å². The molecule has 0 saturated heterocycles. The van der Waals surface area contributed by atoms with Crippen LogP contribution in [0.3, 0.4) is 0 Å². The highest BCUT2D eigenvalue weighted by atomic mass is 31.2. The number of nitrogens with one attached hydrogen (secondary N) is 1. The molecule has 0 saturated carbocycles. The van der Waals surface area contributed by atoms with Crippen LogP contribution in [0.15, 0.2) is 36.5 Å². The molecule has 3 unspecified atom stereocenters. The molecule has 0 aromatic carbocycles. The third-order valence-corrected chi connectivity index (χ3v) is 13.5. The number of nitrogens with zero attached hydrogens (tertiary/aromatic N) is 1. The predicted molar refractivity (Wildman–Crippen MR) is 286 cm³/mol. The summed E-state index contributed by atoms with van der Waals surface area (Å²) >= 11 is 0. The van der Waals surface area contributed by atoms with Crippen molar-refractivity contribution in [3.05, 3.63) is 36.5 Å². The Kier molecular flexibility index (Phi) is 46.6. The molecule has 0 aliphatic heterocycles. The summed E-state index contributed by atoms with van der Waals surface area (Å²) in [6, 6.07) is -0.854. The number of carbonyl (C=O) groups excluding carboxylic acids is 2. The van der Waals surface area contributed by atoms with Gasteiger partial charge in [0, 0.05) is 12.8 Å². The van der Waals surface area contributed by atoms with Gasteiger partial charge in [0.2, 0.25) is 5.91 Å². The van der Waals surface area contributed by atoms with Gasteiger partial charge in [0.05, 0.1) is 33.8 Å². The number of likely N-dealkylation sites (N-methyl/N-ethyl adjacent to an activating group) is 1. The third-order valence-electron chi connectivity index (χ3n) is 12.6. The van der Waals surface area contributed by atoms with Crippen LogP contribution in [0.2, 0.25) is 0 Å². The topological polar surface area (TPSA) is 111 Å². The van der Waals surface area contributed by atoms with Gasteiger partial charge >= 0.3 is 13.8 Å². The average molecular weight is 966 g/mol. The number of allylic oxidation sites excluding steroid dienone is 5. The minimum Gasteiger partial charge on any atom is -0.456 e. The summed E-state index contributed by atoms with van der Waals surface area (Å²) in [5.74, 6) is -0.528. The summed E-state index contributed by atoms with van der Waals surface area (Å²) in [6.45, 7) is 6.99. The van der Waals surface area contributed by atoms with Crippen molar-refractivity contribution in [1.29, 1.82) is 0 Å². The van der Waals surface area contributed by atoms with Crippen LogP contribution < -0.4 is 5.32 Å². The van der Waals surface area contributed by atoms with Gasteiger partial charge in [-0.05, 0) is 83.1 Å². The second-order valence-corrected chi connectivity index (χ2v) is 21.9. The molecule has 0 aromatic heterocycles. The van der Waals surface area contributed by atoms with E-state index < -0.39 is 20.0 Å². The monoisotopic (exact) mass is 966 g/mol. The maximum Gasteiger partial charge on any atom is 0.472 e. The van der Waals surface area contributed by atoms with Gasteiger partial charge in [-0.1, -0.05) is 205 Å². The number of esters is 1. The molecule has 0 aliphatic carbocycles. The number of rotatable bonds is 51. The van der Waals surface area contributed by atoms with Crippen molar-refractivity contribution in [1.82, 2.24) is 5.32 Å². The first-order chi connectivity index (χ1) is 32.4. The van der Waals surface area contributed by atoms with Gasteiger partial charge < -0.3 is 19.4 Å². The lowest BCUT2D eigenvalue weighted by Gasteiger charge is -2.27. The molecule has 2 N–H and O–H groups in total. The molecule has 3 atom stereocenters. The van der Waals surface area contributed by atoms with Gasteiger partial charge in [-0.2, -0.15) is 0 Å². The van der Waals surface area contributed by atoms with E-state index in [2.05, 4.69) is 50.4 Å². The summed E-state index contributed by atoms with van der Waals surface area (Å²) in [5.41, 5.74) is 0. The van der Waals surface area contributed by atoms with Crippen molar-refractivity contribution in [2.24, 2.45) is 0 Å². The SMILES string of the molecule is CCCCCCCCC/C=C\CCCCCC(=O)OC(/C=C/CCCCCCCCCCC)C(COP(=O)(O)OCC[N+](C)(C)C)NC(=O)CCCCCCC/C=C/CCCCCCCCC. The number of phosphoric ester groups is 1. The molecule has 0 spiro atoms. The molecule has 0 aromatic rings. The third kappa shape index (κ3) is 49.0. The second kappa shape index (κ2) is 47.9. The first-order valence-corrected chi connectivity index (χ1v) is 29.8. The summed E-state index contributed by atoms with van der Waals surface area (Å²) in [6.07, 6.45) is 55.6. The van der Waals surface area contributed by atoms with Crippen LogP contribution in [0.25, 0.3) is 0 Å². The summed E-state index contributed by atoms with van der Waals surface area (Å²) in [7, 11) is 1.49. The number of phosphoric acid groups is 1. The molecule has 0 bridgehead atoms. The van der Waals surface area contributed by atoms with Crippen LogP contribution in [0.1, 0.15) is 265 Å². The highest BCUT2D eigenvalue weighted by Gasteiger charge is 2.30. The largest absolute Gasteiger partial charge is 0.472 e. The van der Waals surface area contributed by atoms with Crippen molar-refractivity contribution in [2.45, 2.75) is 277 Å². The highest BCUT2D eigenvalue weighted by molar-refractivity contribution is 7.47. The number of ether oxygens (including phenoxy) is 1. The Morgan fingerprint density at radius 1 is 0.507 bits per heavy atom. The Labute approximate surface area is 415 Å². The maximum atomic E-state index is 13.5. The Morgan fingerprint density at radius 2 is 0.866 bits per heavy atom. The Hall–Kier alpha value is -1.77. The number of unbranched alkanes of at least 4 members (excludes halogenated alkanes) is 31. The zero-order valence-electron chi connectivity index (χ0n) is 44.9. The quantitative estimate of drug-likeness (QED) is 0.0205. The van der Waals surface area contributed by atoms with E-state index in [0.29, 0.717) is 23.9 Å². The summed E-state index contributed by atoms with van der Waals surface area (Å²) in [4.78, 5) is 37.5. The molecule has 67 heavy (non-hydrogen) atoms. The van der Waals surface area contributed by atoms with Crippen LogP contribution >= 0.6 is 7.82 Å². The van der Waals surface area contributed by atoms with Gasteiger partial charge in [-0.3, -0.25) is 18.6 Å². The molecule has 1 amide bonds. The van der Waals surface area contributed by atoms with Gasteiger partial charge in [0.25, 0.3) is 0 Å². The maximum absolute atomic E-state index is 13.5. The van der Waals surface area contributed by atoms with Crippen LogP contribution in [-0.4, -0.2) is 74.3 Å². The van der Waals surface area contributed by atoms with E-state index in [1.54, 1.807) is 0 Å². The van der Waals surface area contributed by atoms with E-state index in [0.717, 1.165) is 83.5 Å². The molecule has 0 rings (SSSR count). The first kappa shape index (κ1) is 65.2. The predicted octanol–water partition coefficient (Wildman–Crippen LogP) is 16.8. The van der Waals surface area contributed by atoms with E-state index in [9.17, 15) is 19.0 Å². The van der Waals surface area contributed by atoms with Crippen molar-refractivity contribution in [3.8, 4) is 0 Å². The summed E-state index contributed by atoms with van der Waals surface area (Å²) < 4.78 is 30.5. The molecule has 0 radical (unpaired) electrons. The lowest BCUT2D eigenvalue weighted by atomic mass is 10.1. The molecule has 0 heterocycles. The standard InChI is InChI=1S/C57H109N2O7P/c1-7-10-13-16-19-22-25-27-29-30-31-34-37-40-43-46-49-56(60)58-54(53-65-67(62,63)64-52-51-59(4,5)6)55(48-45-42-39-36-33-24-21-18-15-12-9-3)66-57(61)50-47-44-41-38-35-32-28-26-23-20-17-14-11-8-2/h29-30,32,35,45,48,54-55H,7-28,31,33-34,36-44,46-47,49-53H2,1-6H3,(H-,58,60,62,63)/p+1/b30-29+,35-32-,48-45+. The van der Waals surface area contributed by atoms with Gasteiger partial charge in [0.15, 0.2) is 0 Å². The minimum atomic E-state index is -4.44. The minimum absolute atomic E-state index is 0.0376. The Morgan fingerprint density at radius 3 is 1.28 bits per heavy atom. The highest BCUT2D eigenvalue weighted by Crippen LogP contribution is 2.43. The second-order valence-electron chi connectivity index (χ2n) is 20.5. The van der Waals surface area contributed by atoms with Crippen molar-refractivity contribution in [2.75, 3.05) is 40.9 Å². The van der Waals surface area contributed by atoms with E-state index in [-0.39, 0.29) is 31.5 Å². The fraction of sp³-hybridized carbons (Fsp3) is 0.860. The van der Waals surface area contributed by atoms with Crippen LogP contribution in [0.5, 0.6) is 0 Å². The number of hydrogen-bond acceptors (Lipinski definition) is 6.